The third-order valence-corrected chi connectivity index (χ3v) is 2.67. The van der Waals surface area contributed by atoms with Crippen LogP contribution in [0.4, 0.5) is 0 Å². The monoisotopic (exact) mass is 238 g/mol. The molecule has 0 heterocycles. The van der Waals surface area contributed by atoms with E-state index in [-0.39, 0.29) is 0 Å². The topological polar surface area (TPSA) is 38.7 Å². The average molecular weight is 238 g/mol. The third kappa shape index (κ3) is 4.75. The lowest BCUT2D eigenvalue weighted by Gasteiger charge is -2.14. The lowest BCUT2D eigenvalue weighted by molar-refractivity contribution is 0.0334. The van der Waals surface area contributed by atoms with E-state index in [0.29, 0.717) is 19.0 Å². The van der Waals surface area contributed by atoms with Gasteiger partial charge in [-0.25, -0.2) is 0 Å². The fourth-order valence-corrected chi connectivity index (χ4v) is 1.68. The Balaban J connectivity index is 2.38. The predicted octanol–water partition coefficient (Wildman–Crippen LogP) is 2.94. The molecule has 1 unspecified atom stereocenters. The maximum atomic E-state index is 9.98. The van der Waals surface area contributed by atoms with Gasteiger partial charge in [-0.3, -0.25) is 0 Å². The number of methoxy groups -OCH3 is 1. The van der Waals surface area contributed by atoms with Crippen LogP contribution >= 0.6 is 0 Å². The molecule has 0 saturated carbocycles. The molecule has 0 saturated heterocycles. The highest BCUT2D eigenvalue weighted by molar-refractivity contribution is 5.34. The molecule has 3 nitrogen and oxygen atoms in total. The van der Waals surface area contributed by atoms with Gasteiger partial charge in [-0.1, -0.05) is 38.0 Å². The van der Waals surface area contributed by atoms with E-state index in [9.17, 15) is 5.11 Å². The molecule has 0 aromatic heterocycles. The number of hydrogen-bond donors (Lipinski definition) is 1. The normalized spacial score (nSPS) is 12.4. The van der Waals surface area contributed by atoms with Crippen molar-refractivity contribution in [2.45, 2.75) is 32.3 Å². The molecule has 0 aliphatic rings. The summed E-state index contributed by atoms with van der Waals surface area (Å²) >= 11 is 0. The summed E-state index contributed by atoms with van der Waals surface area (Å²) < 4.78 is 10.6. The first-order valence-corrected chi connectivity index (χ1v) is 6.18. The van der Waals surface area contributed by atoms with Crippen molar-refractivity contribution < 1.29 is 14.6 Å². The molecule has 0 amide bonds. The molecule has 0 aliphatic carbocycles. The molecule has 1 aromatic rings. The van der Waals surface area contributed by atoms with Gasteiger partial charge in [0.15, 0.2) is 0 Å². The molecule has 3 heteroatoms. The van der Waals surface area contributed by atoms with Crippen molar-refractivity contribution in [1.82, 2.24) is 0 Å². The zero-order chi connectivity index (χ0) is 12.5. The van der Waals surface area contributed by atoms with Crippen LogP contribution in [0.25, 0.3) is 0 Å². The maximum Gasteiger partial charge on any atom is 0.124 e. The fourth-order valence-electron chi connectivity index (χ4n) is 1.68. The van der Waals surface area contributed by atoms with Crippen molar-refractivity contribution in [3.8, 4) is 5.75 Å². The molecule has 0 bridgehead atoms. The van der Waals surface area contributed by atoms with E-state index in [1.165, 1.54) is 12.8 Å². The number of ether oxygens (including phenoxy) is 2. The minimum Gasteiger partial charge on any atom is -0.496 e. The first-order chi connectivity index (χ1) is 8.29. The minimum absolute atomic E-state index is 0.323. The maximum absolute atomic E-state index is 9.98. The summed E-state index contributed by atoms with van der Waals surface area (Å²) in [5.74, 6) is 0.706. The molecule has 17 heavy (non-hydrogen) atoms. The van der Waals surface area contributed by atoms with Crippen molar-refractivity contribution >= 4 is 0 Å². The van der Waals surface area contributed by atoms with Crippen molar-refractivity contribution in [2.75, 3.05) is 20.3 Å². The van der Waals surface area contributed by atoms with Gasteiger partial charge in [0.2, 0.25) is 0 Å². The number of rotatable bonds is 8. The molecule has 1 aromatic carbocycles. The van der Waals surface area contributed by atoms with Gasteiger partial charge in [0, 0.05) is 12.2 Å². The van der Waals surface area contributed by atoms with Crippen LogP contribution in [0.3, 0.4) is 0 Å². The summed E-state index contributed by atoms with van der Waals surface area (Å²) in [6.07, 6.45) is 2.78. The van der Waals surface area contributed by atoms with Gasteiger partial charge in [-0.15, -0.1) is 0 Å². The Morgan fingerprint density at radius 3 is 2.71 bits per heavy atom. The molecule has 1 rings (SSSR count). The Morgan fingerprint density at radius 2 is 2.00 bits per heavy atom. The molecule has 1 N–H and O–H groups in total. The fraction of sp³-hybridized carbons (Fsp3) is 0.571. The van der Waals surface area contributed by atoms with Gasteiger partial charge < -0.3 is 14.6 Å². The molecule has 0 aliphatic heterocycles. The zero-order valence-corrected chi connectivity index (χ0v) is 10.7. The summed E-state index contributed by atoms with van der Waals surface area (Å²) in [6.45, 7) is 3.19. The molecule has 0 spiro atoms. The number of benzene rings is 1. The molecule has 0 fully saturated rings. The third-order valence-electron chi connectivity index (χ3n) is 2.67. The van der Waals surface area contributed by atoms with E-state index in [4.69, 9.17) is 9.47 Å². The Kier molecular flexibility index (Phi) is 6.67. The van der Waals surface area contributed by atoms with E-state index in [1.54, 1.807) is 7.11 Å². The van der Waals surface area contributed by atoms with Crippen molar-refractivity contribution in [2.24, 2.45) is 0 Å². The van der Waals surface area contributed by atoms with Crippen molar-refractivity contribution in [1.29, 1.82) is 0 Å². The van der Waals surface area contributed by atoms with Crippen LogP contribution in [-0.2, 0) is 4.74 Å². The summed E-state index contributed by atoms with van der Waals surface area (Å²) in [5, 5.41) is 9.98. The number of aliphatic hydroxyl groups excluding tert-OH is 1. The van der Waals surface area contributed by atoms with E-state index in [0.717, 1.165) is 12.0 Å². The Labute approximate surface area is 103 Å². The summed E-state index contributed by atoms with van der Waals surface area (Å²) in [4.78, 5) is 0. The molecular weight excluding hydrogens is 216 g/mol. The van der Waals surface area contributed by atoms with Crippen LogP contribution in [0.1, 0.15) is 37.9 Å². The van der Waals surface area contributed by atoms with E-state index >= 15 is 0 Å². The second kappa shape index (κ2) is 8.09. The number of unbranched alkanes of at least 4 members (excludes halogenated alkanes) is 2. The molecule has 1 atom stereocenters. The molecule has 96 valence electrons. The second-order valence-electron chi connectivity index (χ2n) is 4.04. The van der Waals surface area contributed by atoms with Crippen molar-refractivity contribution in [3.63, 3.8) is 0 Å². The minimum atomic E-state index is -0.618. The SMILES string of the molecule is CCCCCOCC(O)c1ccccc1OC. The predicted molar refractivity (Wildman–Crippen MR) is 68.3 cm³/mol. The Bertz CT molecular complexity index is 312. The standard InChI is InChI=1S/C14H22O3/c1-3-4-7-10-17-11-13(15)12-8-5-6-9-14(12)16-2/h5-6,8-9,13,15H,3-4,7,10-11H2,1-2H3. The number of aliphatic hydroxyl groups is 1. The quantitative estimate of drug-likeness (QED) is 0.708. The van der Waals surface area contributed by atoms with Gasteiger partial charge in [0.25, 0.3) is 0 Å². The first-order valence-electron chi connectivity index (χ1n) is 6.18. The van der Waals surface area contributed by atoms with Gasteiger partial charge >= 0.3 is 0 Å². The summed E-state index contributed by atoms with van der Waals surface area (Å²) in [7, 11) is 1.60. The summed E-state index contributed by atoms with van der Waals surface area (Å²) in [5.41, 5.74) is 0.783. The highest BCUT2D eigenvalue weighted by Gasteiger charge is 2.12. The Hall–Kier alpha value is -1.06. The van der Waals surface area contributed by atoms with Crippen LogP contribution in [0.2, 0.25) is 0 Å². The summed E-state index contributed by atoms with van der Waals surface area (Å²) in [6, 6.07) is 7.48. The van der Waals surface area contributed by atoms with E-state index in [1.807, 2.05) is 24.3 Å². The number of hydrogen-bond acceptors (Lipinski definition) is 3. The first kappa shape index (κ1) is 14.0. The lowest BCUT2D eigenvalue weighted by Crippen LogP contribution is -2.09. The lowest BCUT2D eigenvalue weighted by atomic mass is 10.1. The van der Waals surface area contributed by atoms with Crippen LogP contribution in [0, 0.1) is 0 Å². The van der Waals surface area contributed by atoms with E-state index in [2.05, 4.69) is 6.92 Å². The molecule has 0 radical (unpaired) electrons. The average Bonchev–Trinajstić information content (AvgIpc) is 2.38. The highest BCUT2D eigenvalue weighted by atomic mass is 16.5. The van der Waals surface area contributed by atoms with Crippen LogP contribution in [-0.4, -0.2) is 25.4 Å². The van der Waals surface area contributed by atoms with Crippen LogP contribution in [0.5, 0.6) is 5.75 Å². The van der Waals surface area contributed by atoms with Crippen LogP contribution < -0.4 is 4.74 Å². The van der Waals surface area contributed by atoms with Crippen LogP contribution in [0.15, 0.2) is 24.3 Å². The van der Waals surface area contributed by atoms with Gasteiger partial charge in [-0.05, 0) is 12.5 Å². The largest absolute Gasteiger partial charge is 0.496 e. The van der Waals surface area contributed by atoms with Gasteiger partial charge in [0.1, 0.15) is 11.9 Å². The molecular formula is C14H22O3. The number of para-hydroxylation sites is 1. The van der Waals surface area contributed by atoms with Crippen molar-refractivity contribution in [3.05, 3.63) is 29.8 Å². The van der Waals surface area contributed by atoms with Gasteiger partial charge in [-0.2, -0.15) is 0 Å². The zero-order valence-electron chi connectivity index (χ0n) is 10.7. The Morgan fingerprint density at radius 1 is 1.24 bits per heavy atom. The highest BCUT2D eigenvalue weighted by Crippen LogP contribution is 2.24. The van der Waals surface area contributed by atoms with E-state index < -0.39 is 6.10 Å². The smallest absolute Gasteiger partial charge is 0.124 e. The second-order valence-corrected chi connectivity index (χ2v) is 4.04. The van der Waals surface area contributed by atoms with Gasteiger partial charge in [0.05, 0.1) is 13.7 Å².